The molecule has 7 heteroatoms. The minimum atomic E-state index is 0. The van der Waals surface area contributed by atoms with E-state index >= 15 is 0 Å². The molecule has 10 aromatic rings. The van der Waals surface area contributed by atoms with Crippen molar-refractivity contribution in [1.82, 2.24) is 24.9 Å². The average Bonchev–Trinajstić information content (AvgIpc) is 3.05. The van der Waals surface area contributed by atoms with E-state index in [1.807, 2.05) is 92.4 Å². The van der Waals surface area contributed by atoms with Crippen LogP contribution >= 0.6 is 0 Å². The number of H-pyrrole nitrogens is 4. The predicted octanol–water partition coefficient (Wildman–Crippen LogP) is 23.2. The maximum Gasteiger partial charge on any atom is 0.0456 e. The fraction of sp³-hybridized carbons (Fsp3) is 0.458. The largest absolute Gasteiger partial charge is 0.361 e. The third-order valence-electron chi connectivity index (χ3n) is 18.5. The normalized spacial score (nSPS) is 19.0. The topological polar surface area (TPSA) is 76.0 Å². The SMILES string of the molecule is CC.CC.CC.CC.CC1CCc2c(ccc3[nH]ccc23)C1.CC1CCc2c(ccc3[nH]ccc23)C1.CC1CCc2cc3[nH]ccc3cc2C1.CC1CCc2cc3[nH]ccc3cc2C1.CC1CCc2ccccc2C1.CC1CCc2cccnc2C1.[CH3-].[CH3-].[Y].[Y]. The predicted molar refractivity (Wildman–Crippen MR) is 389 cm³/mol. The fourth-order valence-corrected chi connectivity index (χ4v) is 13.8. The molecule has 5 aromatic carbocycles. The summed E-state index contributed by atoms with van der Waals surface area (Å²) in [4.78, 5) is 17.5. The number of benzene rings is 5. The fourth-order valence-electron chi connectivity index (χ4n) is 13.8. The van der Waals surface area contributed by atoms with E-state index in [1.54, 1.807) is 55.6 Å². The number of aromatic amines is 4. The zero-order valence-corrected chi connectivity index (χ0v) is 64.7. The summed E-state index contributed by atoms with van der Waals surface area (Å²) >= 11 is 0. The standard InChI is InChI=1S/4C13H15N.C11H14.C10H13N.4C2H6.2CH3.2Y/c2*1-9-2-4-11-10(8-9)3-5-13-12(11)6-7-14-13;2*1-9-2-3-10-8-13-11(4-5-14-13)7-12(10)6-9;1-9-6-7-10-4-2-3-5-11(10)8-9;1-8-4-5-9-3-2-6-11-10(9)7-8;4*1-2;;;;/h2*3,5-7,9,14H,2,4,8H2,1H3;2*4-5,7-9,14H,2-3,6H2,1H3;2-5,9H,6-8H2,1H3;2-3,6,8H,4-5,7H2,1H3;4*1-2H3;2*1H3;;/q;;;;;;;;;;2*-1;;. The summed E-state index contributed by atoms with van der Waals surface area (Å²) in [6.07, 6.45) is 33.2. The van der Waals surface area contributed by atoms with E-state index in [0.717, 1.165) is 35.5 Å². The van der Waals surface area contributed by atoms with Crippen LogP contribution in [0.25, 0.3) is 43.6 Å². The molecule has 6 unspecified atom stereocenters. The van der Waals surface area contributed by atoms with Crippen LogP contribution in [0.3, 0.4) is 0 Å². The van der Waals surface area contributed by atoms with Gasteiger partial charge in [0, 0.05) is 135 Å². The van der Waals surface area contributed by atoms with Crippen LogP contribution in [0.1, 0.15) is 202 Å². The Hall–Kier alpha value is -4.38. The van der Waals surface area contributed by atoms with Crippen LogP contribution in [-0.4, -0.2) is 24.9 Å². The number of pyridine rings is 1. The van der Waals surface area contributed by atoms with Crippen LogP contribution in [0.15, 0.2) is 140 Å². The van der Waals surface area contributed by atoms with Gasteiger partial charge in [-0.3, -0.25) is 4.98 Å². The molecule has 0 aliphatic heterocycles. The zero-order chi connectivity index (χ0) is 61.5. The van der Waals surface area contributed by atoms with Crippen molar-refractivity contribution in [3.63, 3.8) is 0 Å². The van der Waals surface area contributed by atoms with Gasteiger partial charge in [-0.05, 0) is 290 Å². The molecule has 16 rings (SSSR count). The number of fused-ring (bicyclic) bond motifs is 12. The van der Waals surface area contributed by atoms with E-state index in [-0.39, 0.29) is 80.3 Å². The Labute approximate surface area is 598 Å². The van der Waals surface area contributed by atoms with Gasteiger partial charge in [-0.2, -0.15) is 0 Å². The van der Waals surface area contributed by atoms with Crippen LogP contribution in [0, 0.1) is 50.4 Å². The smallest absolute Gasteiger partial charge is 0.0456 e. The molecular weight excluding hydrogens is 1240 g/mol. The van der Waals surface area contributed by atoms with Crippen molar-refractivity contribution in [3.05, 3.63) is 222 Å². The van der Waals surface area contributed by atoms with Gasteiger partial charge in [0.15, 0.2) is 0 Å². The van der Waals surface area contributed by atoms with Gasteiger partial charge in [0.05, 0.1) is 0 Å². The molecule has 0 amide bonds. The monoisotopic (exact) mass is 1360 g/mol. The number of aryl methyl sites for hydroxylation is 6. The number of aromatic nitrogens is 5. The van der Waals surface area contributed by atoms with Gasteiger partial charge in [0.1, 0.15) is 0 Å². The van der Waals surface area contributed by atoms with Gasteiger partial charge in [-0.1, -0.05) is 139 Å². The number of nitrogens with zero attached hydrogens (tertiary/aromatic N) is 1. The molecule has 90 heavy (non-hydrogen) atoms. The van der Waals surface area contributed by atoms with Crippen LogP contribution in [0.2, 0.25) is 0 Å². The zero-order valence-electron chi connectivity index (χ0n) is 59.1. The molecule has 0 saturated heterocycles. The molecule has 5 heterocycles. The maximum atomic E-state index is 4.37. The van der Waals surface area contributed by atoms with Crippen LogP contribution in [0.5, 0.6) is 0 Å². The number of hydrogen-bond acceptors (Lipinski definition) is 1. The van der Waals surface area contributed by atoms with Crippen LogP contribution < -0.4 is 0 Å². The first-order valence-electron chi connectivity index (χ1n) is 34.4. The van der Waals surface area contributed by atoms with Crippen molar-refractivity contribution in [2.24, 2.45) is 35.5 Å². The Morgan fingerprint density at radius 3 is 1.11 bits per heavy atom. The molecule has 6 aliphatic rings. The van der Waals surface area contributed by atoms with Gasteiger partial charge in [0.25, 0.3) is 0 Å². The van der Waals surface area contributed by atoms with Crippen LogP contribution in [0.4, 0.5) is 0 Å². The summed E-state index contributed by atoms with van der Waals surface area (Å²) in [6, 6.07) is 40.2. The average molecular weight is 1360 g/mol. The molecule has 4 N–H and O–H groups in total. The van der Waals surface area contributed by atoms with Crippen LogP contribution in [-0.2, 0) is 142 Å². The molecule has 0 saturated carbocycles. The summed E-state index contributed by atoms with van der Waals surface area (Å²) in [7, 11) is 0. The van der Waals surface area contributed by atoms with Gasteiger partial charge in [-0.15, -0.1) is 0 Å². The molecule has 0 spiro atoms. The van der Waals surface area contributed by atoms with Crippen molar-refractivity contribution in [1.29, 1.82) is 0 Å². The van der Waals surface area contributed by atoms with Gasteiger partial charge < -0.3 is 34.8 Å². The third kappa shape index (κ3) is 21.9. The summed E-state index contributed by atoms with van der Waals surface area (Å²) in [5, 5.41) is 5.60. The Balaban J connectivity index is 0.000000274. The van der Waals surface area contributed by atoms with Crippen molar-refractivity contribution in [2.75, 3.05) is 0 Å². The first kappa shape index (κ1) is 79.9. The first-order chi connectivity index (χ1) is 42.1. The number of hydrogen-bond donors (Lipinski definition) is 4. The number of rotatable bonds is 0. The van der Waals surface area contributed by atoms with Gasteiger partial charge in [-0.25, -0.2) is 0 Å². The van der Waals surface area contributed by atoms with Crippen molar-refractivity contribution >= 4 is 43.6 Å². The molecule has 2 radical (unpaired) electrons. The Morgan fingerprint density at radius 1 is 0.311 bits per heavy atom. The summed E-state index contributed by atoms with van der Waals surface area (Å²) < 4.78 is 0. The second-order valence-electron chi connectivity index (χ2n) is 25.1. The Kier molecular flexibility index (Phi) is 36.7. The summed E-state index contributed by atoms with van der Waals surface area (Å²) in [5.74, 6) is 5.16. The van der Waals surface area contributed by atoms with E-state index in [2.05, 4.69) is 170 Å². The summed E-state index contributed by atoms with van der Waals surface area (Å²) in [5.41, 5.74) is 23.6. The minimum absolute atomic E-state index is 0. The molecule has 6 atom stereocenters. The minimum Gasteiger partial charge on any atom is -0.361 e. The van der Waals surface area contributed by atoms with Crippen molar-refractivity contribution in [2.45, 2.75) is 213 Å². The van der Waals surface area contributed by atoms with E-state index in [9.17, 15) is 0 Å². The Bertz CT molecular complexity index is 3350. The van der Waals surface area contributed by atoms with E-state index in [1.165, 1.54) is 170 Å². The van der Waals surface area contributed by atoms with E-state index < -0.39 is 0 Å². The molecule has 6 aliphatic carbocycles. The Morgan fingerprint density at radius 2 is 0.656 bits per heavy atom. The van der Waals surface area contributed by atoms with Crippen molar-refractivity contribution in [3.8, 4) is 0 Å². The molecule has 482 valence electrons. The molecular formula is C83H117N5Y2-2. The second kappa shape index (κ2) is 41.3. The quantitative estimate of drug-likeness (QED) is 0.112. The number of nitrogens with one attached hydrogen (secondary N) is 4. The van der Waals surface area contributed by atoms with E-state index in [0.29, 0.717) is 0 Å². The van der Waals surface area contributed by atoms with E-state index in [4.69, 9.17) is 0 Å². The maximum absolute atomic E-state index is 4.37. The molecule has 0 fully saturated rings. The second-order valence-corrected chi connectivity index (χ2v) is 25.1. The van der Waals surface area contributed by atoms with Gasteiger partial charge >= 0.3 is 0 Å². The summed E-state index contributed by atoms with van der Waals surface area (Å²) in [6.45, 7) is 30.1. The molecule has 5 nitrogen and oxygen atoms in total. The first-order valence-corrected chi connectivity index (χ1v) is 34.4. The van der Waals surface area contributed by atoms with Crippen molar-refractivity contribution < 1.29 is 65.4 Å². The van der Waals surface area contributed by atoms with Gasteiger partial charge in [0.2, 0.25) is 0 Å². The molecule has 0 bridgehead atoms. The third-order valence-corrected chi connectivity index (χ3v) is 18.5. The molecule has 5 aromatic heterocycles.